The molecule has 0 amide bonds. The fraction of sp³-hybridized carbons (Fsp3) is 1.00. The summed E-state index contributed by atoms with van der Waals surface area (Å²) in [4.78, 5) is 0. The van der Waals surface area contributed by atoms with Crippen LogP contribution in [0.15, 0.2) is 0 Å². The molecule has 12 heavy (non-hydrogen) atoms. The number of aliphatic hydroxyl groups excluding tert-OH is 1. The first-order valence-electron chi connectivity index (χ1n) is 4.53. The third-order valence-corrected chi connectivity index (χ3v) is 2.47. The van der Waals surface area contributed by atoms with Crippen LogP contribution in [0.5, 0.6) is 0 Å². The Balaban J connectivity index is 2.36. The van der Waals surface area contributed by atoms with Crippen molar-refractivity contribution in [2.75, 3.05) is 13.7 Å². The van der Waals surface area contributed by atoms with Gasteiger partial charge >= 0.3 is 0 Å². The van der Waals surface area contributed by atoms with Crippen molar-refractivity contribution < 1.29 is 9.84 Å². The standard InChI is InChI=1S/C9H19NO2/c1-7(2)10-9(6-11)4-8(5-9)12-3/h7-8,10-11H,4-6H2,1-3H3. The van der Waals surface area contributed by atoms with Gasteiger partial charge in [-0.15, -0.1) is 0 Å². The molecule has 0 bridgehead atoms. The molecule has 1 aliphatic rings. The van der Waals surface area contributed by atoms with Crippen LogP contribution in [0.4, 0.5) is 0 Å². The van der Waals surface area contributed by atoms with Gasteiger partial charge in [0.15, 0.2) is 0 Å². The van der Waals surface area contributed by atoms with Crippen molar-refractivity contribution >= 4 is 0 Å². The summed E-state index contributed by atoms with van der Waals surface area (Å²) in [5, 5.41) is 12.6. The lowest BCUT2D eigenvalue weighted by Crippen LogP contribution is -2.62. The smallest absolute Gasteiger partial charge is 0.0615 e. The molecule has 3 nitrogen and oxygen atoms in total. The minimum Gasteiger partial charge on any atom is -0.394 e. The number of methoxy groups -OCH3 is 1. The van der Waals surface area contributed by atoms with Gasteiger partial charge in [-0.25, -0.2) is 0 Å². The predicted molar refractivity (Wildman–Crippen MR) is 48.1 cm³/mol. The second kappa shape index (κ2) is 3.73. The molecule has 3 heteroatoms. The maximum absolute atomic E-state index is 9.18. The van der Waals surface area contributed by atoms with Gasteiger partial charge in [0.2, 0.25) is 0 Å². The van der Waals surface area contributed by atoms with E-state index in [0.29, 0.717) is 12.1 Å². The van der Waals surface area contributed by atoms with Crippen molar-refractivity contribution in [1.82, 2.24) is 5.32 Å². The third kappa shape index (κ3) is 1.97. The van der Waals surface area contributed by atoms with E-state index in [1.54, 1.807) is 7.11 Å². The minimum absolute atomic E-state index is 0.0607. The van der Waals surface area contributed by atoms with Gasteiger partial charge in [-0.1, -0.05) is 13.8 Å². The minimum atomic E-state index is -0.0607. The first-order valence-corrected chi connectivity index (χ1v) is 4.53. The summed E-state index contributed by atoms with van der Waals surface area (Å²) in [5.74, 6) is 0. The molecule has 1 fully saturated rings. The Bertz CT molecular complexity index is 141. The highest BCUT2D eigenvalue weighted by molar-refractivity contribution is 5.02. The van der Waals surface area contributed by atoms with E-state index in [4.69, 9.17) is 4.74 Å². The molecular formula is C9H19NO2. The van der Waals surface area contributed by atoms with E-state index in [-0.39, 0.29) is 12.1 Å². The van der Waals surface area contributed by atoms with Crippen LogP contribution in [-0.2, 0) is 4.74 Å². The molecular weight excluding hydrogens is 154 g/mol. The van der Waals surface area contributed by atoms with E-state index in [0.717, 1.165) is 12.8 Å². The number of hydrogen-bond donors (Lipinski definition) is 2. The Kier molecular flexibility index (Phi) is 3.09. The first-order chi connectivity index (χ1) is 5.62. The molecule has 0 radical (unpaired) electrons. The van der Waals surface area contributed by atoms with Crippen LogP contribution in [0.1, 0.15) is 26.7 Å². The molecule has 0 spiro atoms. The average Bonchev–Trinajstić information content (AvgIpc) is 1.95. The Morgan fingerprint density at radius 3 is 2.50 bits per heavy atom. The highest BCUT2D eigenvalue weighted by atomic mass is 16.5. The molecule has 72 valence electrons. The molecule has 0 aromatic carbocycles. The van der Waals surface area contributed by atoms with Gasteiger partial charge in [-0.05, 0) is 12.8 Å². The lowest BCUT2D eigenvalue weighted by molar-refractivity contribution is -0.0555. The summed E-state index contributed by atoms with van der Waals surface area (Å²) in [7, 11) is 1.72. The van der Waals surface area contributed by atoms with Gasteiger partial charge in [-0.2, -0.15) is 0 Å². The number of aliphatic hydroxyl groups is 1. The van der Waals surface area contributed by atoms with Gasteiger partial charge in [0.1, 0.15) is 0 Å². The summed E-state index contributed by atoms with van der Waals surface area (Å²) < 4.78 is 5.17. The van der Waals surface area contributed by atoms with E-state index in [1.165, 1.54) is 0 Å². The monoisotopic (exact) mass is 173 g/mol. The second-order valence-electron chi connectivity index (χ2n) is 4.00. The Morgan fingerprint density at radius 1 is 1.58 bits per heavy atom. The summed E-state index contributed by atoms with van der Waals surface area (Å²) in [6.07, 6.45) is 2.19. The van der Waals surface area contributed by atoms with Crippen molar-refractivity contribution in [1.29, 1.82) is 0 Å². The zero-order valence-electron chi connectivity index (χ0n) is 8.13. The van der Waals surface area contributed by atoms with E-state index in [2.05, 4.69) is 19.2 Å². The fourth-order valence-electron chi connectivity index (χ4n) is 1.88. The SMILES string of the molecule is COC1CC(CO)(NC(C)C)C1. The maximum Gasteiger partial charge on any atom is 0.0615 e. The van der Waals surface area contributed by atoms with Crippen LogP contribution < -0.4 is 5.32 Å². The molecule has 0 aliphatic heterocycles. The normalized spacial score (nSPS) is 35.2. The highest BCUT2D eigenvalue weighted by Gasteiger charge is 2.44. The zero-order valence-corrected chi connectivity index (χ0v) is 8.13. The van der Waals surface area contributed by atoms with E-state index < -0.39 is 0 Å². The molecule has 0 atom stereocenters. The number of rotatable bonds is 4. The summed E-state index contributed by atoms with van der Waals surface area (Å²) in [6.45, 7) is 4.40. The molecule has 1 aliphatic carbocycles. The van der Waals surface area contributed by atoms with E-state index in [9.17, 15) is 5.11 Å². The molecule has 0 saturated heterocycles. The average molecular weight is 173 g/mol. The summed E-state index contributed by atoms with van der Waals surface area (Å²) in [5.41, 5.74) is -0.0607. The summed E-state index contributed by atoms with van der Waals surface area (Å²) >= 11 is 0. The Hall–Kier alpha value is -0.120. The molecule has 0 heterocycles. The third-order valence-electron chi connectivity index (χ3n) is 2.47. The van der Waals surface area contributed by atoms with Crippen molar-refractivity contribution in [3.63, 3.8) is 0 Å². The van der Waals surface area contributed by atoms with Crippen LogP contribution in [0.2, 0.25) is 0 Å². The quantitative estimate of drug-likeness (QED) is 0.651. The van der Waals surface area contributed by atoms with Crippen LogP contribution in [0, 0.1) is 0 Å². The first kappa shape index (κ1) is 9.96. The molecule has 0 unspecified atom stereocenters. The number of ether oxygens (including phenoxy) is 1. The molecule has 0 aromatic heterocycles. The lowest BCUT2D eigenvalue weighted by Gasteiger charge is -2.47. The number of nitrogens with one attached hydrogen (secondary N) is 1. The van der Waals surface area contributed by atoms with Crippen molar-refractivity contribution in [2.24, 2.45) is 0 Å². The van der Waals surface area contributed by atoms with Crippen molar-refractivity contribution in [3.8, 4) is 0 Å². The molecule has 1 saturated carbocycles. The molecule has 0 aromatic rings. The van der Waals surface area contributed by atoms with Gasteiger partial charge in [0.05, 0.1) is 12.7 Å². The highest BCUT2D eigenvalue weighted by Crippen LogP contribution is 2.34. The largest absolute Gasteiger partial charge is 0.394 e. The van der Waals surface area contributed by atoms with E-state index in [1.807, 2.05) is 0 Å². The zero-order chi connectivity index (χ0) is 9.19. The van der Waals surface area contributed by atoms with Gasteiger partial charge in [0.25, 0.3) is 0 Å². The van der Waals surface area contributed by atoms with Gasteiger partial charge in [0, 0.05) is 18.7 Å². The predicted octanol–water partition coefficient (Wildman–Crippen LogP) is 0.524. The molecule has 1 rings (SSSR count). The lowest BCUT2D eigenvalue weighted by atomic mass is 9.74. The van der Waals surface area contributed by atoms with Crippen molar-refractivity contribution in [3.05, 3.63) is 0 Å². The second-order valence-corrected chi connectivity index (χ2v) is 4.00. The number of hydrogen-bond acceptors (Lipinski definition) is 3. The van der Waals surface area contributed by atoms with Crippen LogP contribution >= 0.6 is 0 Å². The van der Waals surface area contributed by atoms with Gasteiger partial charge < -0.3 is 15.2 Å². The van der Waals surface area contributed by atoms with E-state index >= 15 is 0 Å². The maximum atomic E-state index is 9.18. The fourth-order valence-corrected chi connectivity index (χ4v) is 1.88. The Labute approximate surface area is 74.1 Å². The van der Waals surface area contributed by atoms with Crippen LogP contribution in [-0.4, -0.2) is 36.5 Å². The van der Waals surface area contributed by atoms with Crippen molar-refractivity contribution in [2.45, 2.75) is 44.4 Å². The van der Waals surface area contributed by atoms with Crippen LogP contribution in [0.3, 0.4) is 0 Å². The van der Waals surface area contributed by atoms with Crippen LogP contribution in [0.25, 0.3) is 0 Å². The Morgan fingerprint density at radius 2 is 2.17 bits per heavy atom. The topological polar surface area (TPSA) is 41.5 Å². The van der Waals surface area contributed by atoms with Gasteiger partial charge in [-0.3, -0.25) is 0 Å². The summed E-state index contributed by atoms with van der Waals surface area (Å²) in [6, 6.07) is 0.426. The molecule has 2 N–H and O–H groups in total.